The minimum absolute atomic E-state index is 0.126. The lowest BCUT2D eigenvalue weighted by Crippen LogP contribution is -2.08. The second-order valence-electron chi connectivity index (χ2n) is 3.76. The average molecular weight is 251 g/mol. The number of benzene rings is 1. The molecule has 0 fully saturated rings. The molecule has 0 aliphatic heterocycles. The summed E-state index contributed by atoms with van der Waals surface area (Å²) in [6.45, 7) is 1.90. The van der Waals surface area contributed by atoms with Gasteiger partial charge in [0.1, 0.15) is 11.0 Å². The van der Waals surface area contributed by atoms with Crippen LogP contribution < -0.4 is 5.32 Å². The van der Waals surface area contributed by atoms with Crippen molar-refractivity contribution in [1.82, 2.24) is 4.98 Å². The van der Waals surface area contributed by atoms with Gasteiger partial charge in [-0.05, 0) is 25.1 Å². The molecule has 0 bridgehead atoms. The van der Waals surface area contributed by atoms with Gasteiger partial charge in [0.25, 0.3) is 0 Å². The van der Waals surface area contributed by atoms with Crippen molar-refractivity contribution >= 4 is 17.3 Å². The van der Waals surface area contributed by atoms with Crippen LogP contribution in [0.1, 0.15) is 18.5 Å². The van der Waals surface area contributed by atoms with Crippen molar-refractivity contribution in [2.24, 2.45) is 0 Å². The van der Waals surface area contributed by atoms with Gasteiger partial charge in [0, 0.05) is 5.56 Å². The van der Waals surface area contributed by atoms with E-state index in [0.717, 1.165) is 5.69 Å². The molecule has 4 heteroatoms. The zero-order valence-electron chi connectivity index (χ0n) is 9.32. The zero-order valence-corrected chi connectivity index (χ0v) is 10.1. The second kappa shape index (κ2) is 5.15. The van der Waals surface area contributed by atoms with Crippen LogP contribution >= 0.6 is 11.6 Å². The lowest BCUT2D eigenvalue weighted by molar-refractivity contribution is 0.600. The molecular formula is C13H12ClFN2. The minimum Gasteiger partial charge on any atom is -0.377 e. The van der Waals surface area contributed by atoms with Crippen molar-refractivity contribution in [1.29, 1.82) is 0 Å². The van der Waals surface area contributed by atoms with Gasteiger partial charge in [-0.25, -0.2) is 9.37 Å². The van der Waals surface area contributed by atoms with E-state index >= 15 is 0 Å². The van der Waals surface area contributed by atoms with Crippen molar-refractivity contribution in [3.8, 4) is 0 Å². The standard InChI is InChI=1S/C13H12ClFN2/c1-9(11-4-2-3-5-12(11)15)17-10-6-7-13(14)16-8-10/h2-9,17H,1H3. The van der Waals surface area contributed by atoms with E-state index in [-0.39, 0.29) is 11.9 Å². The van der Waals surface area contributed by atoms with E-state index in [1.54, 1.807) is 24.4 Å². The van der Waals surface area contributed by atoms with Crippen LogP contribution in [0.3, 0.4) is 0 Å². The molecule has 1 unspecified atom stereocenters. The maximum Gasteiger partial charge on any atom is 0.129 e. The third-order valence-electron chi connectivity index (χ3n) is 2.48. The van der Waals surface area contributed by atoms with Gasteiger partial charge in [-0.3, -0.25) is 0 Å². The van der Waals surface area contributed by atoms with Gasteiger partial charge in [-0.2, -0.15) is 0 Å². The predicted molar refractivity (Wildman–Crippen MR) is 67.7 cm³/mol. The van der Waals surface area contributed by atoms with Gasteiger partial charge in [-0.1, -0.05) is 29.8 Å². The molecule has 1 aromatic heterocycles. The summed E-state index contributed by atoms with van der Waals surface area (Å²) >= 11 is 5.69. The van der Waals surface area contributed by atoms with Crippen LogP contribution in [0.5, 0.6) is 0 Å². The fourth-order valence-electron chi connectivity index (χ4n) is 1.62. The number of anilines is 1. The summed E-state index contributed by atoms with van der Waals surface area (Å²) in [4.78, 5) is 3.96. The number of hydrogen-bond acceptors (Lipinski definition) is 2. The van der Waals surface area contributed by atoms with E-state index in [4.69, 9.17) is 11.6 Å². The molecule has 1 heterocycles. The fourth-order valence-corrected chi connectivity index (χ4v) is 1.73. The van der Waals surface area contributed by atoms with Crippen LogP contribution in [-0.4, -0.2) is 4.98 Å². The smallest absolute Gasteiger partial charge is 0.129 e. The highest BCUT2D eigenvalue weighted by atomic mass is 35.5. The van der Waals surface area contributed by atoms with Gasteiger partial charge < -0.3 is 5.32 Å². The van der Waals surface area contributed by atoms with Crippen LogP contribution in [0.2, 0.25) is 5.15 Å². The number of rotatable bonds is 3. The van der Waals surface area contributed by atoms with E-state index in [0.29, 0.717) is 10.7 Å². The topological polar surface area (TPSA) is 24.9 Å². The Hall–Kier alpha value is -1.61. The first-order chi connectivity index (χ1) is 8.16. The summed E-state index contributed by atoms with van der Waals surface area (Å²) in [6.07, 6.45) is 1.62. The maximum atomic E-state index is 13.5. The predicted octanol–water partition coefficient (Wildman–Crippen LogP) is 4.05. The Morgan fingerprint density at radius 1 is 1.24 bits per heavy atom. The fraction of sp³-hybridized carbons (Fsp3) is 0.154. The number of nitrogens with zero attached hydrogens (tertiary/aromatic N) is 1. The third-order valence-corrected chi connectivity index (χ3v) is 2.71. The average Bonchev–Trinajstić information content (AvgIpc) is 2.32. The van der Waals surface area contributed by atoms with Gasteiger partial charge in [0.2, 0.25) is 0 Å². The van der Waals surface area contributed by atoms with Crippen molar-refractivity contribution in [3.63, 3.8) is 0 Å². The molecule has 0 spiro atoms. The molecule has 17 heavy (non-hydrogen) atoms. The molecule has 0 aliphatic rings. The molecule has 2 nitrogen and oxygen atoms in total. The highest BCUT2D eigenvalue weighted by Gasteiger charge is 2.09. The lowest BCUT2D eigenvalue weighted by Gasteiger charge is -2.15. The van der Waals surface area contributed by atoms with Gasteiger partial charge in [-0.15, -0.1) is 0 Å². The monoisotopic (exact) mass is 250 g/mol. The van der Waals surface area contributed by atoms with Crippen molar-refractivity contribution in [2.45, 2.75) is 13.0 Å². The molecule has 1 N–H and O–H groups in total. The molecule has 2 aromatic rings. The second-order valence-corrected chi connectivity index (χ2v) is 4.14. The summed E-state index contributed by atoms with van der Waals surface area (Å²) in [5.41, 5.74) is 1.44. The Bertz CT molecular complexity index is 499. The number of pyridine rings is 1. The Morgan fingerprint density at radius 2 is 2.00 bits per heavy atom. The number of aromatic nitrogens is 1. The van der Waals surface area contributed by atoms with Crippen molar-refractivity contribution in [2.75, 3.05) is 5.32 Å². The normalized spacial score (nSPS) is 12.2. The van der Waals surface area contributed by atoms with E-state index in [1.807, 2.05) is 19.1 Å². The quantitative estimate of drug-likeness (QED) is 0.832. The van der Waals surface area contributed by atoms with Crippen LogP contribution in [0.25, 0.3) is 0 Å². The molecule has 1 aromatic carbocycles. The third kappa shape index (κ3) is 2.94. The summed E-state index contributed by atoms with van der Waals surface area (Å²) in [7, 11) is 0. The summed E-state index contributed by atoms with van der Waals surface area (Å²) < 4.78 is 13.5. The van der Waals surface area contributed by atoms with E-state index in [1.165, 1.54) is 6.07 Å². The largest absolute Gasteiger partial charge is 0.377 e. The Labute approximate surface area is 104 Å². The first kappa shape index (κ1) is 11.9. The minimum atomic E-state index is -0.213. The van der Waals surface area contributed by atoms with Crippen LogP contribution in [0, 0.1) is 5.82 Å². The molecule has 0 saturated carbocycles. The molecule has 1 atom stereocenters. The summed E-state index contributed by atoms with van der Waals surface area (Å²) in [5.74, 6) is -0.213. The van der Waals surface area contributed by atoms with E-state index in [9.17, 15) is 4.39 Å². The van der Waals surface area contributed by atoms with Crippen molar-refractivity contribution in [3.05, 3.63) is 59.1 Å². The maximum absolute atomic E-state index is 13.5. The zero-order chi connectivity index (χ0) is 12.3. The molecule has 0 saturated heterocycles. The molecule has 88 valence electrons. The van der Waals surface area contributed by atoms with Gasteiger partial charge in [0.15, 0.2) is 0 Å². The summed E-state index contributed by atoms with van der Waals surface area (Å²) in [5, 5.41) is 3.60. The van der Waals surface area contributed by atoms with E-state index < -0.39 is 0 Å². The van der Waals surface area contributed by atoms with E-state index in [2.05, 4.69) is 10.3 Å². The highest BCUT2D eigenvalue weighted by Crippen LogP contribution is 2.21. The van der Waals surface area contributed by atoms with Gasteiger partial charge in [0.05, 0.1) is 17.9 Å². The van der Waals surface area contributed by atoms with Gasteiger partial charge >= 0.3 is 0 Å². The first-order valence-corrected chi connectivity index (χ1v) is 5.67. The molecule has 0 radical (unpaired) electrons. The van der Waals surface area contributed by atoms with Crippen LogP contribution in [0.4, 0.5) is 10.1 Å². The summed E-state index contributed by atoms with van der Waals surface area (Å²) in [6, 6.07) is 10.1. The first-order valence-electron chi connectivity index (χ1n) is 5.29. The number of nitrogens with one attached hydrogen (secondary N) is 1. The molecule has 2 rings (SSSR count). The van der Waals surface area contributed by atoms with Crippen LogP contribution in [-0.2, 0) is 0 Å². The van der Waals surface area contributed by atoms with Crippen molar-refractivity contribution < 1.29 is 4.39 Å². The Balaban J connectivity index is 2.14. The highest BCUT2D eigenvalue weighted by molar-refractivity contribution is 6.29. The molecule has 0 aliphatic carbocycles. The number of halogens is 2. The Morgan fingerprint density at radius 3 is 2.65 bits per heavy atom. The Kier molecular flexibility index (Phi) is 3.59. The SMILES string of the molecule is CC(Nc1ccc(Cl)nc1)c1ccccc1F. The number of hydrogen-bond donors (Lipinski definition) is 1. The lowest BCUT2D eigenvalue weighted by atomic mass is 10.1. The molecular weight excluding hydrogens is 239 g/mol. The van der Waals surface area contributed by atoms with Crippen LogP contribution in [0.15, 0.2) is 42.6 Å². The molecule has 0 amide bonds.